The Bertz CT molecular complexity index is 177. The average molecular weight is 199 g/mol. The van der Waals surface area contributed by atoms with Crippen molar-refractivity contribution in [2.75, 3.05) is 24.6 Å². The summed E-state index contributed by atoms with van der Waals surface area (Å²) in [5.74, 6) is 2.72. The molecule has 0 aromatic carbocycles. The van der Waals surface area contributed by atoms with Crippen molar-refractivity contribution in [2.45, 2.75) is 39.2 Å². The number of nitrogens with zero attached hydrogens (tertiary/aromatic N) is 1. The summed E-state index contributed by atoms with van der Waals surface area (Å²) < 4.78 is 0. The molecule has 0 amide bonds. The maximum Gasteiger partial charge on any atom is 0.00754 e. The Balaban J connectivity index is 1.87. The van der Waals surface area contributed by atoms with Crippen molar-refractivity contribution in [3.05, 3.63) is 0 Å². The molecule has 1 aliphatic carbocycles. The van der Waals surface area contributed by atoms with Gasteiger partial charge >= 0.3 is 0 Å². The van der Waals surface area contributed by atoms with Crippen molar-refractivity contribution in [1.82, 2.24) is 4.90 Å². The van der Waals surface area contributed by atoms with Gasteiger partial charge in [0.2, 0.25) is 0 Å². The smallest absolute Gasteiger partial charge is 0.00754 e. The average Bonchev–Trinajstić information content (AvgIpc) is 2.82. The number of hydrogen-bond donors (Lipinski definition) is 0. The standard InChI is InChI=1S/C11H21NS/c1-10-3-7-13-8-6-12(10)9-11(2)4-5-11/h10H,3-9H2,1-2H3. The molecule has 13 heavy (non-hydrogen) atoms. The van der Waals surface area contributed by atoms with Crippen LogP contribution in [0.2, 0.25) is 0 Å². The fourth-order valence-electron chi connectivity index (χ4n) is 2.04. The molecule has 76 valence electrons. The van der Waals surface area contributed by atoms with Crippen LogP contribution in [0, 0.1) is 5.41 Å². The van der Waals surface area contributed by atoms with Crippen LogP contribution in [0.3, 0.4) is 0 Å². The van der Waals surface area contributed by atoms with Gasteiger partial charge in [0, 0.05) is 24.9 Å². The second kappa shape index (κ2) is 3.82. The molecule has 0 radical (unpaired) electrons. The Labute approximate surface area is 86.3 Å². The molecule has 1 nitrogen and oxygen atoms in total. The van der Waals surface area contributed by atoms with Crippen LogP contribution in [0.4, 0.5) is 0 Å². The molecule has 0 aromatic heterocycles. The number of rotatable bonds is 2. The highest BCUT2D eigenvalue weighted by Gasteiger charge is 2.39. The largest absolute Gasteiger partial charge is 0.299 e. The maximum atomic E-state index is 2.72. The van der Waals surface area contributed by atoms with Gasteiger partial charge in [-0.1, -0.05) is 6.92 Å². The van der Waals surface area contributed by atoms with Crippen LogP contribution >= 0.6 is 11.8 Å². The van der Waals surface area contributed by atoms with Gasteiger partial charge in [-0.3, -0.25) is 4.90 Å². The van der Waals surface area contributed by atoms with Gasteiger partial charge < -0.3 is 0 Å². The van der Waals surface area contributed by atoms with Gasteiger partial charge in [-0.15, -0.1) is 0 Å². The maximum absolute atomic E-state index is 2.72. The summed E-state index contributed by atoms with van der Waals surface area (Å²) >= 11 is 2.13. The molecule has 1 aliphatic heterocycles. The zero-order chi connectivity index (χ0) is 9.31. The molecular formula is C11H21NS. The van der Waals surface area contributed by atoms with Crippen molar-refractivity contribution in [3.63, 3.8) is 0 Å². The molecule has 1 saturated heterocycles. The van der Waals surface area contributed by atoms with Crippen LogP contribution in [-0.4, -0.2) is 35.5 Å². The van der Waals surface area contributed by atoms with Crippen LogP contribution in [0.15, 0.2) is 0 Å². The molecule has 2 rings (SSSR count). The number of hydrogen-bond acceptors (Lipinski definition) is 2. The predicted octanol–water partition coefficient (Wildman–Crippen LogP) is 2.61. The van der Waals surface area contributed by atoms with E-state index in [1.54, 1.807) is 0 Å². The summed E-state index contributed by atoms with van der Waals surface area (Å²) in [7, 11) is 0. The van der Waals surface area contributed by atoms with Gasteiger partial charge in [-0.2, -0.15) is 11.8 Å². The Morgan fingerprint density at radius 2 is 2.15 bits per heavy atom. The van der Waals surface area contributed by atoms with Crippen molar-refractivity contribution in [2.24, 2.45) is 5.41 Å². The first-order valence-corrected chi connectivity index (χ1v) is 6.67. The summed E-state index contributed by atoms with van der Waals surface area (Å²) in [6.07, 6.45) is 4.31. The Hall–Kier alpha value is 0.310. The predicted molar refractivity (Wildman–Crippen MR) is 60.3 cm³/mol. The van der Waals surface area contributed by atoms with E-state index in [1.165, 1.54) is 43.9 Å². The lowest BCUT2D eigenvalue weighted by Gasteiger charge is -2.29. The van der Waals surface area contributed by atoms with Crippen LogP contribution in [0.5, 0.6) is 0 Å². The molecule has 2 fully saturated rings. The van der Waals surface area contributed by atoms with E-state index in [1.807, 2.05) is 0 Å². The highest BCUT2D eigenvalue weighted by molar-refractivity contribution is 7.99. The van der Waals surface area contributed by atoms with E-state index >= 15 is 0 Å². The van der Waals surface area contributed by atoms with E-state index in [2.05, 4.69) is 30.5 Å². The lowest BCUT2D eigenvalue weighted by molar-refractivity contribution is 0.184. The zero-order valence-electron chi connectivity index (χ0n) is 8.88. The summed E-state index contributed by atoms with van der Waals surface area (Å²) in [6, 6.07) is 0.826. The molecule has 0 spiro atoms. The fraction of sp³-hybridized carbons (Fsp3) is 1.00. The third kappa shape index (κ3) is 2.63. The molecule has 2 heteroatoms. The molecule has 0 aromatic rings. The van der Waals surface area contributed by atoms with Gasteiger partial charge in [0.1, 0.15) is 0 Å². The first-order valence-electron chi connectivity index (χ1n) is 5.51. The Morgan fingerprint density at radius 3 is 2.85 bits per heavy atom. The minimum Gasteiger partial charge on any atom is -0.299 e. The molecule has 0 N–H and O–H groups in total. The minimum absolute atomic E-state index is 0.698. The fourth-order valence-corrected chi connectivity index (χ4v) is 3.11. The van der Waals surface area contributed by atoms with Crippen molar-refractivity contribution >= 4 is 11.8 Å². The van der Waals surface area contributed by atoms with Crippen LogP contribution in [0.1, 0.15) is 33.1 Å². The molecule has 0 bridgehead atoms. The zero-order valence-corrected chi connectivity index (χ0v) is 9.70. The highest BCUT2D eigenvalue weighted by atomic mass is 32.2. The molecule has 1 atom stereocenters. The van der Waals surface area contributed by atoms with E-state index < -0.39 is 0 Å². The Morgan fingerprint density at radius 1 is 1.38 bits per heavy atom. The second-order valence-corrected chi connectivity index (χ2v) is 6.26. The quantitative estimate of drug-likeness (QED) is 0.672. The monoisotopic (exact) mass is 199 g/mol. The van der Waals surface area contributed by atoms with Crippen molar-refractivity contribution in [3.8, 4) is 0 Å². The summed E-state index contributed by atoms with van der Waals surface area (Å²) in [6.45, 7) is 7.52. The summed E-state index contributed by atoms with van der Waals surface area (Å²) in [4.78, 5) is 2.72. The third-order valence-electron chi connectivity index (χ3n) is 3.51. The van der Waals surface area contributed by atoms with Gasteiger partial charge in [0.15, 0.2) is 0 Å². The van der Waals surface area contributed by atoms with E-state index in [9.17, 15) is 0 Å². The molecule has 2 aliphatic rings. The molecular weight excluding hydrogens is 178 g/mol. The van der Waals surface area contributed by atoms with Gasteiger partial charge in [0.05, 0.1) is 0 Å². The third-order valence-corrected chi connectivity index (χ3v) is 4.51. The molecule has 1 unspecified atom stereocenters. The van der Waals surface area contributed by atoms with E-state index in [-0.39, 0.29) is 0 Å². The Kier molecular flexibility index (Phi) is 2.89. The highest BCUT2D eigenvalue weighted by Crippen LogP contribution is 2.46. The summed E-state index contributed by atoms with van der Waals surface area (Å²) in [5.41, 5.74) is 0.698. The molecule has 1 saturated carbocycles. The van der Waals surface area contributed by atoms with Gasteiger partial charge in [-0.05, 0) is 37.4 Å². The van der Waals surface area contributed by atoms with Crippen LogP contribution in [0.25, 0.3) is 0 Å². The van der Waals surface area contributed by atoms with Crippen LogP contribution < -0.4 is 0 Å². The second-order valence-electron chi connectivity index (χ2n) is 5.03. The SMILES string of the molecule is CC1CCSCCN1CC1(C)CC1. The van der Waals surface area contributed by atoms with Gasteiger partial charge in [0.25, 0.3) is 0 Å². The normalized spacial score (nSPS) is 34.2. The number of thioether (sulfide) groups is 1. The molecule has 1 heterocycles. The van der Waals surface area contributed by atoms with Crippen molar-refractivity contribution < 1.29 is 0 Å². The van der Waals surface area contributed by atoms with E-state index in [0.29, 0.717) is 5.41 Å². The minimum atomic E-state index is 0.698. The van der Waals surface area contributed by atoms with E-state index in [0.717, 1.165) is 6.04 Å². The van der Waals surface area contributed by atoms with Gasteiger partial charge in [-0.25, -0.2) is 0 Å². The topological polar surface area (TPSA) is 3.24 Å². The van der Waals surface area contributed by atoms with E-state index in [4.69, 9.17) is 0 Å². The summed E-state index contributed by atoms with van der Waals surface area (Å²) in [5, 5.41) is 0. The van der Waals surface area contributed by atoms with Crippen molar-refractivity contribution in [1.29, 1.82) is 0 Å². The first kappa shape index (κ1) is 9.85. The van der Waals surface area contributed by atoms with Crippen LogP contribution in [-0.2, 0) is 0 Å². The first-order chi connectivity index (χ1) is 6.20. The lowest BCUT2D eigenvalue weighted by atomic mass is 10.1. The lowest BCUT2D eigenvalue weighted by Crippen LogP contribution is -2.37.